The molecule has 2 aromatic carbocycles. The molecule has 3 heterocycles. The van der Waals surface area contributed by atoms with E-state index < -0.39 is 54.2 Å². The molecule has 3 N–H and O–H groups in total. The maximum Gasteiger partial charge on any atom is 0.309 e. The molecule has 208 valence electrons. The minimum absolute atomic E-state index is 0.0227. The van der Waals surface area contributed by atoms with Gasteiger partial charge in [-0.25, -0.2) is 8.78 Å². The first-order chi connectivity index (χ1) is 18.2. The van der Waals surface area contributed by atoms with Crippen molar-refractivity contribution in [2.24, 2.45) is 11.8 Å². The molecule has 4 aliphatic rings. The van der Waals surface area contributed by atoms with Gasteiger partial charge in [0.25, 0.3) is 5.92 Å². The van der Waals surface area contributed by atoms with Gasteiger partial charge in [-0.3, -0.25) is 14.5 Å². The smallest absolute Gasteiger partial charge is 0.309 e. The van der Waals surface area contributed by atoms with Crippen molar-refractivity contribution < 1.29 is 23.5 Å². The first-order valence-electron chi connectivity index (χ1n) is 13.2. The van der Waals surface area contributed by atoms with Gasteiger partial charge < -0.3 is 15.7 Å². The lowest BCUT2D eigenvalue weighted by atomic mass is 9.74. The van der Waals surface area contributed by atoms with E-state index in [0.29, 0.717) is 11.3 Å². The quantitative estimate of drug-likeness (QED) is 0.439. The number of anilines is 1. The molecular formula is C29H31Cl2F2N3O3. The molecule has 6 atom stereocenters. The molecular weight excluding hydrogens is 547 g/mol. The zero-order valence-corrected chi connectivity index (χ0v) is 23.4. The van der Waals surface area contributed by atoms with Crippen LogP contribution in [-0.4, -0.2) is 53.0 Å². The van der Waals surface area contributed by atoms with Gasteiger partial charge in [0.2, 0.25) is 5.91 Å². The summed E-state index contributed by atoms with van der Waals surface area (Å²) in [6.07, 6.45) is 0.136. The van der Waals surface area contributed by atoms with E-state index in [9.17, 15) is 23.5 Å². The number of nitrogens with zero attached hydrogens (tertiary/aromatic N) is 1. The van der Waals surface area contributed by atoms with E-state index in [-0.39, 0.29) is 34.0 Å². The SMILES string of the molecule is CC(C)(C)c1cccc(C2CC2NC(=O)[C@H]2[C@H]3CC(F)(F)CN3[C@]3(CNc4c(Cl)cc(Cl)cc43)[C@H]2C(=O)O)c1. The molecule has 2 unspecified atom stereocenters. The minimum Gasteiger partial charge on any atom is -0.481 e. The topological polar surface area (TPSA) is 81.7 Å². The molecule has 39 heavy (non-hydrogen) atoms. The Hall–Kier alpha value is -2.42. The molecule has 1 aliphatic carbocycles. The summed E-state index contributed by atoms with van der Waals surface area (Å²) in [6.45, 7) is 5.82. The summed E-state index contributed by atoms with van der Waals surface area (Å²) in [6, 6.07) is 10.3. The van der Waals surface area contributed by atoms with Crippen LogP contribution >= 0.6 is 23.2 Å². The van der Waals surface area contributed by atoms with Crippen LogP contribution in [0.3, 0.4) is 0 Å². The van der Waals surface area contributed by atoms with Gasteiger partial charge in [-0.15, -0.1) is 0 Å². The van der Waals surface area contributed by atoms with Gasteiger partial charge in [0.1, 0.15) is 0 Å². The van der Waals surface area contributed by atoms with Gasteiger partial charge in [0, 0.05) is 41.6 Å². The maximum absolute atomic E-state index is 14.9. The summed E-state index contributed by atoms with van der Waals surface area (Å²) in [4.78, 5) is 28.2. The third-order valence-corrected chi connectivity index (χ3v) is 9.55. The number of carbonyl (C=O) groups is 2. The van der Waals surface area contributed by atoms with Crippen molar-refractivity contribution in [3.63, 3.8) is 0 Å². The molecule has 2 saturated heterocycles. The largest absolute Gasteiger partial charge is 0.481 e. The number of nitrogens with one attached hydrogen (secondary N) is 2. The Balaban J connectivity index is 1.33. The summed E-state index contributed by atoms with van der Waals surface area (Å²) in [7, 11) is 0. The Morgan fingerprint density at radius 1 is 1.18 bits per heavy atom. The highest BCUT2D eigenvalue weighted by Gasteiger charge is 2.71. The molecule has 6 rings (SSSR count). The van der Waals surface area contributed by atoms with Crippen molar-refractivity contribution in [2.45, 2.75) is 68.5 Å². The fourth-order valence-electron chi connectivity index (χ4n) is 7.17. The number of hydrogen-bond donors (Lipinski definition) is 3. The predicted octanol–water partition coefficient (Wildman–Crippen LogP) is 5.62. The lowest BCUT2D eigenvalue weighted by Gasteiger charge is -2.37. The van der Waals surface area contributed by atoms with Crippen molar-refractivity contribution in [2.75, 3.05) is 18.4 Å². The molecule has 1 saturated carbocycles. The van der Waals surface area contributed by atoms with Crippen LogP contribution in [0, 0.1) is 11.8 Å². The van der Waals surface area contributed by atoms with Gasteiger partial charge in [0.15, 0.2) is 0 Å². The number of aliphatic carboxylic acids is 1. The molecule has 1 spiro atoms. The number of benzene rings is 2. The normalized spacial score (nSPS) is 32.5. The van der Waals surface area contributed by atoms with Crippen LogP contribution in [0.4, 0.5) is 14.5 Å². The molecule has 0 aromatic heterocycles. The number of halogens is 4. The second kappa shape index (κ2) is 8.79. The van der Waals surface area contributed by atoms with Crippen LogP contribution in [0.1, 0.15) is 56.2 Å². The Morgan fingerprint density at radius 3 is 2.62 bits per heavy atom. The first-order valence-corrected chi connectivity index (χ1v) is 14.0. The van der Waals surface area contributed by atoms with Crippen LogP contribution in [0.15, 0.2) is 36.4 Å². The third kappa shape index (κ3) is 4.21. The van der Waals surface area contributed by atoms with E-state index in [2.05, 4.69) is 43.5 Å². The van der Waals surface area contributed by atoms with Gasteiger partial charge in [-0.05, 0) is 35.1 Å². The molecule has 0 bridgehead atoms. The van der Waals surface area contributed by atoms with E-state index in [1.165, 1.54) is 16.5 Å². The van der Waals surface area contributed by atoms with Crippen LogP contribution in [-0.2, 0) is 20.5 Å². The highest BCUT2D eigenvalue weighted by atomic mass is 35.5. The molecule has 1 amide bonds. The number of carboxylic acids is 1. The van der Waals surface area contributed by atoms with Gasteiger partial charge in [-0.2, -0.15) is 0 Å². The Labute approximate surface area is 236 Å². The summed E-state index contributed by atoms with van der Waals surface area (Å²) >= 11 is 12.7. The van der Waals surface area contributed by atoms with Crippen LogP contribution in [0.25, 0.3) is 0 Å². The lowest BCUT2D eigenvalue weighted by molar-refractivity contribution is -0.150. The van der Waals surface area contributed by atoms with Crippen LogP contribution < -0.4 is 10.6 Å². The van der Waals surface area contributed by atoms with Gasteiger partial charge >= 0.3 is 5.97 Å². The molecule has 3 fully saturated rings. The van der Waals surface area contributed by atoms with E-state index in [1.807, 2.05) is 12.1 Å². The number of alkyl halides is 2. The molecule has 10 heteroatoms. The van der Waals surface area contributed by atoms with Crippen LogP contribution in [0.5, 0.6) is 0 Å². The number of hydrogen-bond acceptors (Lipinski definition) is 4. The Bertz CT molecular complexity index is 1380. The molecule has 2 aromatic rings. The summed E-state index contributed by atoms with van der Waals surface area (Å²) in [5.74, 6) is -7.08. The van der Waals surface area contributed by atoms with E-state index in [4.69, 9.17) is 23.2 Å². The number of rotatable bonds is 4. The first kappa shape index (κ1) is 26.8. The minimum atomic E-state index is -3.06. The van der Waals surface area contributed by atoms with Gasteiger partial charge in [-0.1, -0.05) is 68.2 Å². The predicted molar refractivity (Wildman–Crippen MR) is 146 cm³/mol. The van der Waals surface area contributed by atoms with Crippen molar-refractivity contribution in [3.05, 3.63) is 63.1 Å². The van der Waals surface area contributed by atoms with Crippen molar-refractivity contribution >= 4 is 40.8 Å². The standard InChI is InChI=1S/C29H31Cl2F2N3O3/c1-27(2,3)15-6-4-5-14(7-15)17-10-20(17)35-25(37)22-21-11-28(32,33)13-36(21)29(23(22)26(38)39)12-34-24-18(29)8-16(30)9-19(24)31/h4-9,17,20-23,34H,10-13H2,1-3H3,(H,35,37)(H,38,39)/t17?,20?,21-,22+,23-,29+/m1/s1. The fourth-order valence-corrected chi connectivity index (χ4v) is 7.73. The second-order valence-electron chi connectivity index (χ2n) is 12.5. The number of carboxylic acid groups (broad SMARTS) is 1. The highest BCUT2D eigenvalue weighted by Crippen LogP contribution is 2.60. The molecule has 3 aliphatic heterocycles. The van der Waals surface area contributed by atoms with Crippen molar-refractivity contribution in [1.29, 1.82) is 0 Å². The third-order valence-electron chi connectivity index (χ3n) is 9.03. The highest BCUT2D eigenvalue weighted by molar-refractivity contribution is 6.36. The molecule has 0 radical (unpaired) electrons. The fraction of sp³-hybridized carbons (Fsp3) is 0.517. The monoisotopic (exact) mass is 577 g/mol. The van der Waals surface area contributed by atoms with Crippen LogP contribution in [0.2, 0.25) is 10.0 Å². The Kier molecular flexibility index (Phi) is 6.04. The lowest BCUT2D eigenvalue weighted by Crippen LogP contribution is -2.51. The molecule has 6 nitrogen and oxygen atoms in total. The summed E-state index contributed by atoms with van der Waals surface area (Å²) in [5, 5.41) is 17.2. The average molecular weight is 578 g/mol. The Morgan fingerprint density at radius 2 is 1.92 bits per heavy atom. The summed E-state index contributed by atoms with van der Waals surface area (Å²) < 4.78 is 29.8. The summed E-state index contributed by atoms with van der Waals surface area (Å²) in [5.41, 5.74) is 1.82. The van der Waals surface area contributed by atoms with E-state index in [1.54, 1.807) is 6.07 Å². The van der Waals surface area contributed by atoms with Crippen molar-refractivity contribution in [3.8, 4) is 0 Å². The van der Waals surface area contributed by atoms with Gasteiger partial charge in [0.05, 0.1) is 34.6 Å². The number of amides is 1. The van der Waals surface area contributed by atoms with E-state index >= 15 is 0 Å². The van der Waals surface area contributed by atoms with Crippen molar-refractivity contribution in [1.82, 2.24) is 10.2 Å². The van der Waals surface area contributed by atoms with E-state index in [0.717, 1.165) is 12.0 Å². The second-order valence-corrected chi connectivity index (χ2v) is 13.4. The zero-order valence-electron chi connectivity index (χ0n) is 21.9. The number of carbonyl (C=O) groups excluding carboxylic acids is 1. The number of fused-ring (bicyclic) bond motifs is 4. The zero-order chi connectivity index (χ0) is 28.1. The maximum atomic E-state index is 14.9. The average Bonchev–Trinajstić information content (AvgIpc) is 3.26.